The Balaban J connectivity index is 1.89. The van der Waals surface area contributed by atoms with Gasteiger partial charge in [-0.1, -0.05) is 23.2 Å². The lowest BCUT2D eigenvalue weighted by atomic mass is 10.1. The molecule has 2 aromatic rings. The van der Waals surface area contributed by atoms with Crippen LogP contribution in [0.3, 0.4) is 0 Å². The number of ether oxygens (including phenoxy) is 1. The molecule has 0 aliphatic carbocycles. The standard InChI is InChI=1S/C21H23Cl2N5O4/c1-32-14-6-4-13(5-7-14)27-8-2-3-17(27)19(29)28(20(25)26-21(30)31)11-12-9-15(22)18(24)16(23)10-12/h4-7,9-10,17H,2-3,8,11,24H2,1H3,(H2,25,26)(H,30,31). The van der Waals surface area contributed by atoms with Crippen LogP contribution in [0, 0.1) is 5.41 Å². The van der Waals surface area contributed by atoms with Gasteiger partial charge in [-0.3, -0.25) is 20.4 Å². The SMILES string of the molecule is COc1ccc(N2CCCC2C(=O)N(Cc2cc(Cl)c(N)c(Cl)c2)C(=N)NC(=O)O)cc1. The second kappa shape index (κ2) is 9.97. The number of carboxylic acid groups (broad SMARTS) is 1. The van der Waals surface area contributed by atoms with Crippen molar-refractivity contribution in [2.45, 2.75) is 25.4 Å². The molecular formula is C21H23Cl2N5O4. The Hall–Kier alpha value is -3.17. The van der Waals surface area contributed by atoms with E-state index >= 15 is 0 Å². The van der Waals surface area contributed by atoms with Crippen LogP contribution in [0.4, 0.5) is 16.2 Å². The van der Waals surface area contributed by atoms with E-state index < -0.39 is 24.0 Å². The molecule has 1 aliphatic heterocycles. The number of hydrogen-bond donors (Lipinski definition) is 4. The van der Waals surface area contributed by atoms with E-state index in [0.29, 0.717) is 24.3 Å². The molecule has 3 rings (SSSR count). The first-order valence-electron chi connectivity index (χ1n) is 9.75. The van der Waals surface area contributed by atoms with Crippen LogP contribution >= 0.6 is 23.2 Å². The van der Waals surface area contributed by atoms with Gasteiger partial charge in [0.2, 0.25) is 5.96 Å². The van der Waals surface area contributed by atoms with E-state index in [-0.39, 0.29) is 22.3 Å². The molecule has 1 heterocycles. The lowest BCUT2D eigenvalue weighted by Gasteiger charge is -2.31. The maximum Gasteiger partial charge on any atom is 0.411 e. The zero-order chi connectivity index (χ0) is 23.4. The fourth-order valence-electron chi connectivity index (χ4n) is 3.63. The monoisotopic (exact) mass is 479 g/mol. The molecule has 1 saturated heterocycles. The molecule has 9 nitrogen and oxygen atoms in total. The first-order valence-corrected chi connectivity index (χ1v) is 10.5. The Kier molecular flexibility index (Phi) is 7.32. The summed E-state index contributed by atoms with van der Waals surface area (Å²) >= 11 is 12.2. The predicted molar refractivity (Wildman–Crippen MR) is 124 cm³/mol. The predicted octanol–water partition coefficient (Wildman–Crippen LogP) is 3.78. The molecule has 0 saturated carbocycles. The van der Waals surface area contributed by atoms with Crippen molar-refractivity contribution in [3.05, 3.63) is 52.0 Å². The van der Waals surface area contributed by atoms with Gasteiger partial charge in [-0.25, -0.2) is 4.79 Å². The molecule has 170 valence electrons. The normalized spacial score (nSPS) is 15.3. The van der Waals surface area contributed by atoms with Crippen molar-refractivity contribution in [3.63, 3.8) is 0 Å². The van der Waals surface area contributed by atoms with Crippen LogP contribution in [-0.4, -0.2) is 47.7 Å². The van der Waals surface area contributed by atoms with Gasteiger partial charge in [0, 0.05) is 12.2 Å². The van der Waals surface area contributed by atoms with Crippen molar-refractivity contribution in [1.82, 2.24) is 10.2 Å². The number of guanidine groups is 1. The van der Waals surface area contributed by atoms with Gasteiger partial charge in [-0.2, -0.15) is 0 Å². The number of anilines is 2. The highest BCUT2D eigenvalue weighted by Crippen LogP contribution is 2.31. The molecule has 1 fully saturated rings. The third-order valence-electron chi connectivity index (χ3n) is 5.18. The number of amides is 2. The van der Waals surface area contributed by atoms with Crippen LogP contribution in [0.15, 0.2) is 36.4 Å². The Morgan fingerprint density at radius 3 is 2.47 bits per heavy atom. The number of rotatable bonds is 5. The van der Waals surface area contributed by atoms with Crippen LogP contribution in [-0.2, 0) is 11.3 Å². The van der Waals surface area contributed by atoms with Crippen molar-refractivity contribution in [2.24, 2.45) is 0 Å². The number of benzene rings is 2. The number of methoxy groups -OCH3 is 1. The smallest absolute Gasteiger partial charge is 0.411 e. The fourth-order valence-corrected chi connectivity index (χ4v) is 4.16. The fraction of sp³-hybridized carbons (Fsp3) is 0.286. The molecule has 0 radical (unpaired) electrons. The quantitative estimate of drug-likeness (QED) is 0.293. The number of nitrogen functional groups attached to an aromatic ring is 1. The van der Waals surface area contributed by atoms with Gasteiger partial charge in [0.15, 0.2) is 0 Å². The second-order valence-corrected chi connectivity index (χ2v) is 8.04. The van der Waals surface area contributed by atoms with Gasteiger partial charge in [-0.05, 0) is 54.8 Å². The number of nitrogens with zero attached hydrogens (tertiary/aromatic N) is 2. The summed E-state index contributed by atoms with van der Waals surface area (Å²) in [4.78, 5) is 27.7. The molecule has 5 N–H and O–H groups in total. The minimum Gasteiger partial charge on any atom is -0.497 e. The van der Waals surface area contributed by atoms with E-state index in [1.165, 1.54) is 12.1 Å². The van der Waals surface area contributed by atoms with Gasteiger partial charge >= 0.3 is 6.09 Å². The highest BCUT2D eigenvalue weighted by Gasteiger charge is 2.36. The van der Waals surface area contributed by atoms with Crippen molar-refractivity contribution in [1.29, 1.82) is 5.41 Å². The maximum absolute atomic E-state index is 13.5. The van der Waals surface area contributed by atoms with Crippen LogP contribution < -0.4 is 20.7 Å². The largest absolute Gasteiger partial charge is 0.497 e. The number of carbonyl (C=O) groups excluding carboxylic acids is 1. The van der Waals surface area contributed by atoms with Crippen LogP contribution in [0.2, 0.25) is 10.0 Å². The summed E-state index contributed by atoms with van der Waals surface area (Å²) in [5.41, 5.74) is 7.32. The second-order valence-electron chi connectivity index (χ2n) is 7.23. The van der Waals surface area contributed by atoms with E-state index in [4.69, 9.17) is 44.2 Å². The molecule has 2 amide bonds. The highest BCUT2D eigenvalue weighted by atomic mass is 35.5. The van der Waals surface area contributed by atoms with Crippen LogP contribution in [0.5, 0.6) is 5.75 Å². The first-order chi connectivity index (χ1) is 15.2. The lowest BCUT2D eigenvalue weighted by molar-refractivity contribution is -0.129. The van der Waals surface area contributed by atoms with Crippen molar-refractivity contribution < 1.29 is 19.4 Å². The maximum atomic E-state index is 13.5. The molecule has 0 spiro atoms. The number of hydrogen-bond acceptors (Lipinski definition) is 6. The van der Waals surface area contributed by atoms with E-state index in [0.717, 1.165) is 17.0 Å². The summed E-state index contributed by atoms with van der Waals surface area (Å²) in [6.45, 7) is 0.542. The minimum atomic E-state index is -1.44. The summed E-state index contributed by atoms with van der Waals surface area (Å²) < 4.78 is 5.19. The van der Waals surface area contributed by atoms with Crippen molar-refractivity contribution >= 4 is 52.5 Å². The Morgan fingerprint density at radius 2 is 1.91 bits per heavy atom. The topological polar surface area (TPSA) is 132 Å². The first kappa shape index (κ1) is 23.5. The van der Waals surface area contributed by atoms with Crippen molar-refractivity contribution in [2.75, 3.05) is 24.3 Å². The molecular weight excluding hydrogens is 457 g/mol. The molecule has 2 aromatic carbocycles. The summed E-state index contributed by atoms with van der Waals surface area (Å²) in [7, 11) is 1.58. The molecule has 1 atom stereocenters. The zero-order valence-corrected chi connectivity index (χ0v) is 18.8. The Bertz CT molecular complexity index is 1010. The van der Waals surface area contributed by atoms with E-state index in [9.17, 15) is 9.59 Å². The van der Waals surface area contributed by atoms with Crippen molar-refractivity contribution in [3.8, 4) is 5.75 Å². The summed E-state index contributed by atoms with van der Waals surface area (Å²) in [6.07, 6.45) is -0.111. The molecule has 1 aliphatic rings. The lowest BCUT2D eigenvalue weighted by Crippen LogP contribution is -2.52. The van der Waals surface area contributed by atoms with Gasteiger partial charge in [-0.15, -0.1) is 0 Å². The summed E-state index contributed by atoms with van der Waals surface area (Å²) in [5, 5.41) is 19.6. The number of halogens is 2. The Labute approximate surface area is 195 Å². The average molecular weight is 480 g/mol. The molecule has 0 bridgehead atoms. The van der Waals surface area contributed by atoms with Gasteiger partial charge in [0.25, 0.3) is 5.91 Å². The number of nitrogens with one attached hydrogen (secondary N) is 2. The van der Waals surface area contributed by atoms with Gasteiger partial charge < -0.3 is 20.5 Å². The molecule has 11 heteroatoms. The van der Waals surface area contributed by atoms with E-state index in [2.05, 4.69) is 0 Å². The summed E-state index contributed by atoms with van der Waals surface area (Å²) in [5.74, 6) is -0.281. The van der Waals surface area contributed by atoms with Gasteiger partial charge in [0.1, 0.15) is 11.8 Å². The van der Waals surface area contributed by atoms with E-state index in [1.807, 2.05) is 22.3 Å². The molecule has 32 heavy (non-hydrogen) atoms. The summed E-state index contributed by atoms with van der Waals surface area (Å²) in [6, 6.07) is 9.82. The van der Waals surface area contributed by atoms with Crippen LogP contribution in [0.25, 0.3) is 0 Å². The minimum absolute atomic E-state index is 0.107. The third-order valence-corrected chi connectivity index (χ3v) is 5.81. The van der Waals surface area contributed by atoms with Crippen LogP contribution in [0.1, 0.15) is 18.4 Å². The zero-order valence-electron chi connectivity index (χ0n) is 17.3. The third kappa shape index (κ3) is 5.17. The average Bonchev–Trinajstić information content (AvgIpc) is 3.24. The van der Waals surface area contributed by atoms with Gasteiger partial charge in [0.05, 0.1) is 29.4 Å². The van der Waals surface area contributed by atoms with E-state index in [1.54, 1.807) is 19.2 Å². The molecule has 1 unspecified atom stereocenters. The molecule has 0 aromatic heterocycles. The Morgan fingerprint density at radius 1 is 1.28 bits per heavy atom. The number of nitrogens with two attached hydrogens (primary N) is 1. The highest BCUT2D eigenvalue weighted by molar-refractivity contribution is 6.38. The number of carbonyl (C=O) groups is 2.